The second-order valence-corrected chi connectivity index (χ2v) is 5.97. The van der Waals surface area contributed by atoms with Gasteiger partial charge in [0.15, 0.2) is 5.69 Å². The molecule has 1 unspecified atom stereocenters. The highest BCUT2D eigenvalue weighted by molar-refractivity contribution is 5.93. The monoisotopic (exact) mass is 363 g/mol. The molecule has 0 saturated carbocycles. The molecule has 2 N–H and O–H groups in total. The van der Waals surface area contributed by atoms with Crippen LogP contribution in [-0.4, -0.2) is 26.9 Å². The van der Waals surface area contributed by atoms with E-state index in [1.807, 2.05) is 6.92 Å². The molecule has 2 heterocycles. The Labute approximate surface area is 147 Å². The minimum Gasteiger partial charge on any atom is -0.508 e. The number of carbonyl (C=O) groups excluding carboxylic acids is 1. The molecule has 0 aliphatic carbocycles. The van der Waals surface area contributed by atoms with Crippen molar-refractivity contribution in [2.75, 3.05) is 6.54 Å². The Kier molecular flexibility index (Phi) is 4.58. The maximum Gasteiger partial charge on any atom is 0.434 e. The number of phenolic OH excluding ortho intramolecular Hbond substituents is 1. The van der Waals surface area contributed by atoms with Crippen LogP contribution in [0.5, 0.6) is 5.75 Å². The molecular formula is C18H16F3N3O2. The highest BCUT2D eigenvalue weighted by atomic mass is 19.4. The molecule has 3 aromatic rings. The van der Waals surface area contributed by atoms with Gasteiger partial charge >= 0.3 is 6.18 Å². The van der Waals surface area contributed by atoms with E-state index in [4.69, 9.17) is 0 Å². The molecule has 0 bridgehead atoms. The smallest absolute Gasteiger partial charge is 0.434 e. The van der Waals surface area contributed by atoms with Gasteiger partial charge in [-0.3, -0.25) is 9.20 Å². The summed E-state index contributed by atoms with van der Waals surface area (Å²) >= 11 is 0. The molecule has 0 saturated heterocycles. The van der Waals surface area contributed by atoms with Crippen molar-refractivity contribution < 1.29 is 23.1 Å². The maximum atomic E-state index is 12.8. The molecule has 1 amide bonds. The Morgan fingerprint density at radius 1 is 1.23 bits per heavy atom. The summed E-state index contributed by atoms with van der Waals surface area (Å²) < 4.78 is 39.6. The summed E-state index contributed by atoms with van der Waals surface area (Å²) in [7, 11) is 0. The molecule has 0 aliphatic rings. The summed E-state index contributed by atoms with van der Waals surface area (Å²) in [6.45, 7) is 2.19. The zero-order chi connectivity index (χ0) is 18.9. The van der Waals surface area contributed by atoms with E-state index in [2.05, 4.69) is 10.3 Å². The lowest BCUT2D eigenvalue weighted by atomic mass is 10.0. The first-order valence-corrected chi connectivity index (χ1v) is 7.88. The van der Waals surface area contributed by atoms with Crippen LogP contribution in [0.3, 0.4) is 0 Å². The number of nitrogens with zero attached hydrogens (tertiary/aromatic N) is 2. The van der Waals surface area contributed by atoms with E-state index in [-0.39, 0.29) is 23.0 Å². The van der Waals surface area contributed by atoms with E-state index in [1.54, 1.807) is 24.3 Å². The van der Waals surface area contributed by atoms with Crippen molar-refractivity contribution in [2.24, 2.45) is 0 Å². The first kappa shape index (κ1) is 17.8. The largest absolute Gasteiger partial charge is 0.508 e. The van der Waals surface area contributed by atoms with Crippen molar-refractivity contribution >= 4 is 11.6 Å². The van der Waals surface area contributed by atoms with Crippen LogP contribution in [0.25, 0.3) is 5.65 Å². The van der Waals surface area contributed by atoms with Crippen LogP contribution in [0.1, 0.15) is 34.6 Å². The van der Waals surface area contributed by atoms with Gasteiger partial charge in [-0.25, -0.2) is 4.98 Å². The van der Waals surface area contributed by atoms with E-state index in [1.165, 1.54) is 18.2 Å². The number of alkyl halides is 3. The molecular weight excluding hydrogens is 347 g/mol. The third-order valence-electron chi connectivity index (χ3n) is 4.05. The molecule has 0 radical (unpaired) electrons. The van der Waals surface area contributed by atoms with E-state index in [0.717, 1.165) is 16.2 Å². The van der Waals surface area contributed by atoms with Crippen LogP contribution in [-0.2, 0) is 6.18 Å². The van der Waals surface area contributed by atoms with Crippen LogP contribution in [0.2, 0.25) is 0 Å². The van der Waals surface area contributed by atoms with E-state index in [0.29, 0.717) is 6.54 Å². The van der Waals surface area contributed by atoms with E-state index >= 15 is 0 Å². The van der Waals surface area contributed by atoms with Gasteiger partial charge in [-0.15, -0.1) is 0 Å². The van der Waals surface area contributed by atoms with E-state index < -0.39 is 17.8 Å². The lowest BCUT2D eigenvalue weighted by Gasteiger charge is -2.14. The minimum absolute atomic E-state index is 0.0349. The average molecular weight is 363 g/mol. The lowest BCUT2D eigenvalue weighted by Crippen LogP contribution is -2.29. The number of carbonyl (C=O) groups is 1. The van der Waals surface area contributed by atoms with Crippen molar-refractivity contribution in [1.82, 2.24) is 14.7 Å². The summed E-state index contributed by atoms with van der Waals surface area (Å²) in [4.78, 5) is 15.9. The van der Waals surface area contributed by atoms with Crippen molar-refractivity contribution in [1.29, 1.82) is 0 Å². The summed E-state index contributed by atoms with van der Waals surface area (Å²) in [6, 6.07) is 10.9. The van der Waals surface area contributed by atoms with Crippen LogP contribution >= 0.6 is 0 Å². The number of halogens is 3. The van der Waals surface area contributed by atoms with Gasteiger partial charge in [-0.2, -0.15) is 13.2 Å². The van der Waals surface area contributed by atoms with Gasteiger partial charge in [0, 0.05) is 12.7 Å². The van der Waals surface area contributed by atoms with Crippen LogP contribution in [0, 0.1) is 0 Å². The Bertz CT molecular complexity index is 933. The molecule has 5 nitrogen and oxygen atoms in total. The molecule has 0 aliphatic heterocycles. The maximum absolute atomic E-state index is 12.8. The van der Waals surface area contributed by atoms with Crippen LogP contribution < -0.4 is 5.32 Å². The number of aromatic nitrogens is 2. The number of hydrogen-bond acceptors (Lipinski definition) is 3. The van der Waals surface area contributed by atoms with Gasteiger partial charge in [0.05, 0.1) is 0 Å². The number of benzene rings is 1. The number of hydrogen-bond donors (Lipinski definition) is 2. The molecule has 0 spiro atoms. The van der Waals surface area contributed by atoms with Gasteiger partial charge in [0.1, 0.15) is 17.1 Å². The van der Waals surface area contributed by atoms with Gasteiger partial charge in [0.2, 0.25) is 0 Å². The number of amides is 1. The topological polar surface area (TPSA) is 66.6 Å². The van der Waals surface area contributed by atoms with Gasteiger partial charge in [-0.1, -0.05) is 25.1 Å². The third kappa shape index (κ3) is 3.63. The SMILES string of the molecule is CC(CNC(=O)c1cccc2nc(C(F)(F)F)cn12)c1ccc(O)cc1. The Balaban J connectivity index is 1.77. The molecule has 26 heavy (non-hydrogen) atoms. The molecule has 136 valence electrons. The van der Waals surface area contributed by atoms with Gasteiger partial charge in [-0.05, 0) is 35.7 Å². The molecule has 1 atom stereocenters. The van der Waals surface area contributed by atoms with Crippen molar-refractivity contribution in [3.8, 4) is 5.75 Å². The number of rotatable bonds is 4. The molecule has 0 fully saturated rings. The molecule has 2 aromatic heterocycles. The molecule has 8 heteroatoms. The van der Waals surface area contributed by atoms with Gasteiger partial charge in [0.25, 0.3) is 5.91 Å². The standard InChI is InChI=1S/C18H16F3N3O2/c1-11(12-5-7-13(25)8-6-12)9-22-17(26)14-3-2-4-16-23-15(10-24(14)16)18(19,20)21/h2-8,10-11,25H,9H2,1H3,(H,22,26). The fourth-order valence-corrected chi connectivity index (χ4v) is 2.59. The van der Waals surface area contributed by atoms with Gasteiger partial charge < -0.3 is 10.4 Å². The summed E-state index contributed by atoms with van der Waals surface area (Å²) in [5.74, 6) is -0.378. The Morgan fingerprint density at radius 3 is 2.58 bits per heavy atom. The zero-order valence-corrected chi connectivity index (χ0v) is 13.8. The predicted molar refractivity (Wildman–Crippen MR) is 89.0 cm³/mol. The lowest BCUT2D eigenvalue weighted by molar-refractivity contribution is -0.140. The number of aromatic hydroxyl groups is 1. The highest BCUT2D eigenvalue weighted by Gasteiger charge is 2.34. The van der Waals surface area contributed by atoms with Crippen LogP contribution in [0.4, 0.5) is 13.2 Å². The van der Waals surface area contributed by atoms with E-state index in [9.17, 15) is 23.1 Å². The second-order valence-electron chi connectivity index (χ2n) is 5.97. The Morgan fingerprint density at radius 2 is 1.92 bits per heavy atom. The summed E-state index contributed by atoms with van der Waals surface area (Å²) in [6.07, 6.45) is -3.76. The van der Waals surface area contributed by atoms with Crippen molar-refractivity contribution in [3.63, 3.8) is 0 Å². The number of nitrogens with one attached hydrogen (secondary N) is 1. The minimum atomic E-state index is -4.58. The average Bonchev–Trinajstić information content (AvgIpc) is 3.04. The number of imidazole rings is 1. The first-order valence-electron chi connectivity index (χ1n) is 7.88. The second kappa shape index (κ2) is 6.70. The highest BCUT2D eigenvalue weighted by Crippen LogP contribution is 2.28. The quantitative estimate of drug-likeness (QED) is 0.744. The molecule has 1 aromatic carbocycles. The normalized spacial score (nSPS) is 12.9. The number of phenols is 1. The summed E-state index contributed by atoms with van der Waals surface area (Å²) in [5.41, 5.74) is -0.00141. The number of fused-ring (bicyclic) bond motifs is 1. The van der Waals surface area contributed by atoms with Crippen molar-refractivity contribution in [3.05, 3.63) is 65.6 Å². The third-order valence-corrected chi connectivity index (χ3v) is 4.05. The number of pyridine rings is 1. The molecule has 3 rings (SSSR count). The Hall–Kier alpha value is -3.03. The van der Waals surface area contributed by atoms with Crippen molar-refractivity contribution in [2.45, 2.75) is 19.0 Å². The van der Waals surface area contributed by atoms with Crippen LogP contribution in [0.15, 0.2) is 48.7 Å². The summed E-state index contributed by atoms with van der Waals surface area (Å²) in [5, 5.41) is 12.0. The zero-order valence-electron chi connectivity index (χ0n) is 13.8. The predicted octanol–water partition coefficient (Wildman–Crippen LogP) is 3.59. The first-order chi connectivity index (χ1) is 12.3. The fourth-order valence-electron chi connectivity index (χ4n) is 2.59. The fraction of sp³-hybridized carbons (Fsp3) is 0.222.